The molecule has 1 rings (SSSR count). The van der Waals surface area contributed by atoms with Gasteiger partial charge in [-0.05, 0) is 12.8 Å². The van der Waals surface area contributed by atoms with Gasteiger partial charge in [-0.2, -0.15) is 0 Å². The summed E-state index contributed by atoms with van der Waals surface area (Å²) < 4.78 is 34.3. The SMILES string of the molecule is CCCCC1(CCCC)OCC(CP(=O)(OC)OC)CO1. The van der Waals surface area contributed by atoms with E-state index in [1.165, 1.54) is 14.2 Å². The molecule has 6 heteroatoms. The minimum Gasteiger partial charge on any atom is -0.350 e. The first-order valence-corrected chi connectivity index (χ1v) is 9.74. The lowest BCUT2D eigenvalue weighted by atomic mass is 10.00. The lowest BCUT2D eigenvalue weighted by Gasteiger charge is -2.41. The smallest absolute Gasteiger partial charge is 0.330 e. The minimum atomic E-state index is -2.99. The first-order valence-electron chi connectivity index (χ1n) is 8.01. The van der Waals surface area contributed by atoms with Gasteiger partial charge in [0.25, 0.3) is 0 Å². The van der Waals surface area contributed by atoms with Gasteiger partial charge in [-0.3, -0.25) is 4.57 Å². The normalized spacial score (nSPS) is 19.8. The molecule has 0 saturated carbocycles. The molecule has 0 aromatic heterocycles. The first kappa shape index (κ1) is 19.1. The van der Waals surface area contributed by atoms with E-state index < -0.39 is 13.4 Å². The van der Waals surface area contributed by atoms with Crippen LogP contribution in [-0.4, -0.2) is 39.4 Å². The number of hydrogen-bond acceptors (Lipinski definition) is 5. The van der Waals surface area contributed by atoms with Gasteiger partial charge >= 0.3 is 7.60 Å². The zero-order valence-corrected chi connectivity index (χ0v) is 14.8. The van der Waals surface area contributed by atoms with Gasteiger partial charge in [-0.1, -0.05) is 26.7 Å². The Morgan fingerprint density at radius 3 is 1.90 bits per heavy atom. The highest BCUT2D eigenvalue weighted by molar-refractivity contribution is 7.53. The van der Waals surface area contributed by atoms with E-state index in [1.807, 2.05) is 0 Å². The van der Waals surface area contributed by atoms with E-state index in [2.05, 4.69) is 13.8 Å². The predicted molar refractivity (Wildman–Crippen MR) is 83.7 cm³/mol. The summed E-state index contributed by atoms with van der Waals surface area (Å²) in [5.41, 5.74) is 0. The maximum Gasteiger partial charge on any atom is 0.330 e. The maximum absolute atomic E-state index is 12.2. The fourth-order valence-corrected chi connectivity index (χ4v) is 3.87. The van der Waals surface area contributed by atoms with Crippen molar-refractivity contribution in [3.05, 3.63) is 0 Å². The largest absolute Gasteiger partial charge is 0.350 e. The average molecular weight is 322 g/mol. The van der Waals surface area contributed by atoms with E-state index in [1.54, 1.807) is 0 Å². The molecule has 1 saturated heterocycles. The molecule has 0 radical (unpaired) electrons. The molecule has 0 spiro atoms. The van der Waals surface area contributed by atoms with Crippen molar-refractivity contribution in [1.82, 2.24) is 0 Å². The van der Waals surface area contributed by atoms with Crippen LogP contribution in [0.3, 0.4) is 0 Å². The summed E-state index contributed by atoms with van der Waals surface area (Å²) in [5.74, 6) is -0.376. The third kappa shape index (κ3) is 5.99. The van der Waals surface area contributed by atoms with Crippen LogP contribution in [0.25, 0.3) is 0 Å². The van der Waals surface area contributed by atoms with Gasteiger partial charge in [0.05, 0.1) is 19.4 Å². The molecule has 5 nitrogen and oxygen atoms in total. The monoisotopic (exact) mass is 322 g/mol. The van der Waals surface area contributed by atoms with Crippen molar-refractivity contribution in [2.45, 2.75) is 58.2 Å². The van der Waals surface area contributed by atoms with Crippen LogP contribution in [0.4, 0.5) is 0 Å². The Kier molecular flexibility index (Phi) is 8.43. The summed E-state index contributed by atoms with van der Waals surface area (Å²) in [6, 6.07) is 0. The van der Waals surface area contributed by atoms with E-state index in [-0.39, 0.29) is 5.92 Å². The van der Waals surface area contributed by atoms with Gasteiger partial charge in [0.2, 0.25) is 0 Å². The zero-order valence-electron chi connectivity index (χ0n) is 13.9. The fraction of sp³-hybridized carbons (Fsp3) is 1.00. The Balaban J connectivity index is 2.54. The summed E-state index contributed by atoms with van der Waals surface area (Å²) in [7, 11) is -0.157. The van der Waals surface area contributed by atoms with Crippen molar-refractivity contribution in [1.29, 1.82) is 0 Å². The Hall–Kier alpha value is 0.0700. The molecule has 126 valence electrons. The Morgan fingerprint density at radius 2 is 1.52 bits per heavy atom. The van der Waals surface area contributed by atoms with Gasteiger partial charge in [0, 0.05) is 33.0 Å². The lowest BCUT2D eigenvalue weighted by molar-refractivity contribution is -0.288. The summed E-state index contributed by atoms with van der Waals surface area (Å²) in [6.07, 6.45) is 6.67. The topological polar surface area (TPSA) is 54.0 Å². The highest BCUT2D eigenvalue weighted by Gasteiger charge is 2.39. The molecular formula is C15H31O5P. The van der Waals surface area contributed by atoms with Crippen LogP contribution < -0.4 is 0 Å². The summed E-state index contributed by atoms with van der Waals surface area (Å²) in [6.45, 7) is 5.47. The lowest BCUT2D eigenvalue weighted by Crippen LogP contribution is -2.45. The van der Waals surface area contributed by atoms with Crippen LogP contribution in [0.5, 0.6) is 0 Å². The van der Waals surface area contributed by atoms with Gasteiger partial charge in [0.1, 0.15) is 0 Å². The molecule has 1 aliphatic heterocycles. The van der Waals surface area contributed by atoms with Crippen molar-refractivity contribution >= 4 is 7.60 Å². The van der Waals surface area contributed by atoms with E-state index in [9.17, 15) is 4.57 Å². The quantitative estimate of drug-likeness (QED) is 0.564. The molecule has 0 atom stereocenters. The first-order chi connectivity index (χ1) is 10.0. The summed E-state index contributed by atoms with van der Waals surface area (Å²) in [5, 5.41) is 0. The van der Waals surface area contributed by atoms with Crippen LogP contribution in [0, 0.1) is 5.92 Å². The van der Waals surface area contributed by atoms with E-state index >= 15 is 0 Å². The molecule has 1 heterocycles. The van der Waals surface area contributed by atoms with Crippen molar-refractivity contribution in [3.8, 4) is 0 Å². The third-order valence-electron chi connectivity index (χ3n) is 4.02. The number of unbranched alkanes of at least 4 members (excludes halogenated alkanes) is 2. The summed E-state index contributed by atoms with van der Waals surface area (Å²) in [4.78, 5) is 0. The Bertz CT molecular complexity index is 308. The zero-order chi connectivity index (χ0) is 15.8. The fourth-order valence-electron chi connectivity index (χ4n) is 2.58. The molecule has 0 aromatic carbocycles. The number of hydrogen-bond donors (Lipinski definition) is 0. The molecule has 0 aromatic rings. The van der Waals surface area contributed by atoms with Crippen LogP contribution in [-0.2, 0) is 23.1 Å². The van der Waals surface area contributed by atoms with Crippen LogP contribution >= 0.6 is 7.60 Å². The third-order valence-corrected chi connectivity index (χ3v) is 6.10. The molecule has 1 aliphatic rings. The molecule has 0 amide bonds. The van der Waals surface area contributed by atoms with Crippen molar-refractivity contribution in [2.75, 3.05) is 33.6 Å². The van der Waals surface area contributed by atoms with E-state index in [4.69, 9.17) is 18.5 Å². The second kappa shape index (κ2) is 9.26. The molecule has 0 aliphatic carbocycles. The van der Waals surface area contributed by atoms with Crippen LogP contribution in [0.15, 0.2) is 0 Å². The Morgan fingerprint density at radius 1 is 1.05 bits per heavy atom. The number of ether oxygens (including phenoxy) is 2. The minimum absolute atomic E-state index is 0.0621. The predicted octanol–water partition coefficient (Wildman–Crippen LogP) is 4.21. The van der Waals surface area contributed by atoms with Crippen molar-refractivity contribution in [2.24, 2.45) is 5.92 Å². The van der Waals surface area contributed by atoms with Crippen molar-refractivity contribution in [3.63, 3.8) is 0 Å². The molecule has 0 N–H and O–H groups in total. The van der Waals surface area contributed by atoms with E-state index in [0.717, 1.165) is 38.5 Å². The number of rotatable bonds is 10. The standard InChI is InChI=1S/C15H31O5P/c1-5-7-9-15(10-8-6-2)19-11-14(12-20-15)13-21(16,17-3)18-4/h14H,5-13H2,1-4H3. The maximum atomic E-state index is 12.2. The molecule has 0 bridgehead atoms. The highest BCUT2D eigenvalue weighted by Crippen LogP contribution is 2.49. The van der Waals surface area contributed by atoms with Crippen LogP contribution in [0.2, 0.25) is 0 Å². The molecule has 21 heavy (non-hydrogen) atoms. The van der Waals surface area contributed by atoms with Crippen LogP contribution in [0.1, 0.15) is 52.4 Å². The second-order valence-electron chi connectivity index (χ2n) is 5.76. The Labute approximate surface area is 129 Å². The second-order valence-corrected chi connectivity index (χ2v) is 8.08. The summed E-state index contributed by atoms with van der Waals surface area (Å²) >= 11 is 0. The van der Waals surface area contributed by atoms with E-state index in [0.29, 0.717) is 19.4 Å². The van der Waals surface area contributed by atoms with Crippen molar-refractivity contribution < 1.29 is 23.1 Å². The molecule has 0 unspecified atom stereocenters. The van der Waals surface area contributed by atoms with Gasteiger partial charge in [-0.25, -0.2) is 0 Å². The molecular weight excluding hydrogens is 291 g/mol. The van der Waals surface area contributed by atoms with Gasteiger partial charge in [0.15, 0.2) is 5.79 Å². The highest BCUT2D eigenvalue weighted by atomic mass is 31.2. The van der Waals surface area contributed by atoms with Gasteiger partial charge in [-0.15, -0.1) is 0 Å². The molecule has 1 fully saturated rings. The average Bonchev–Trinajstić information content (AvgIpc) is 2.53. The van der Waals surface area contributed by atoms with Gasteiger partial charge < -0.3 is 18.5 Å².